The number of fused-ring (bicyclic) bond motifs is 1. The summed E-state index contributed by atoms with van der Waals surface area (Å²) in [7, 11) is 0. The van der Waals surface area contributed by atoms with Gasteiger partial charge >= 0.3 is 0 Å². The number of carbonyl (C=O) groups is 1. The van der Waals surface area contributed by atoms with Crippen molar-refractivity contribution >= 4 is 33.8 Å². The van der Waals surface area contributed by atoms with Crippen LogP contribution in [0.4, 0.5) is 5.69 Å². The molecule has 4 rings (SSSR count). The average Bonchev–Trinajstić information content (AvgIpc) is 3.24. The van der Waals surface area contributed by atoms with E-state index in [1.54, 1.807) is 23.6 Å². The number of para-hydroxylation sites is 1. The summed E-state index contributed by atoms with van der Waals surface area (Å²) in [5.74, 6) is -0.165. The molecule has 6 heteroatoms. The Hall–Kier alpha value is -2.99. The molecule has 1 amide bonds. The third kappa shape index (κ3) is 2.68. The number of carbonyl (C=O) groups excluding carboxylic acids is 1. The van der Waals surface area contributed by atoms with E-state index in [-0.39, 0.29) is 5.91 Å². The minimum atomic E-state index is -0.165. The number of aromatic nitrogens is 3. The molecule has 0 aliphatic carbocycles. The topological polar surface area (TPSA) is 70.7 Å². The van der Waals surface area contributed by atoms with Crippen molar-refractivity contribution in [2.45, 2.75) is 6.92 Å². The van der Waals surface area contributed by atoms with Crippen molar-refractivity contribution in [1.29, 1.82) is 0 Å². The molecular weight excluding hydrogens is 320 g/mol. The number of nitrogens with one attached hydrogen (secondary N) is 2. The molecule has 2 N–H and O–H groups in total. The maximum absolute atomic E-state index is 12.5. The van der Waals surface area contributed by atoms with Gasteiger partial charge in [-0.25, -0.2) is 4.98 Å². The molecule has 0 aliphatic rings. The van der Waals surface area contributed by atoms with E-state index < -0.39 is 0 Å². The summed E-state index contributed by atoms with van der Waals surface area (Å²) in [5.41, 5.74) is 4.05. The van der Waals surface area contributed by atoms with Crippen molar-refractivity contribution in [2.75, 3.05) is 5.32 Å². The van der Waals surface area contributed by atoms with Gasteiger partial charge in [-0.05, 0) is 25.1 Å². The van der Waals surface area contributed by atoms with Crippen LogP contribution in [-0.2, 0) is 0 Å². The summed E-state index contributed by atoms with van der Waals surface area (Å²) in [6.45, 7) is 1.98. The van der Waals surface area contributed by atoms with E-state index in [1.165, 1.54) is 0 Å². The normalized spacial score (nSPS) is 10.9. The van der Waals surface area contributed by atoms with Gasteiger partial charge in [0.25, 0.3) is 5.91 Å². The maximum Gasteiger partial charge on any atom is 0.257 e. The first-order valence-electron chi connectivity index (χ1n) is 7.47. The lowest BCUT2D eigenvalue weighted by atomic mass is 10.1. The lowest BCUT2D eigenvalue weighted by Gasteiger charge is -2.07. The number of amides is 1. The lowest BCUT2D eigenvalue weighted by molar-refractivity contribution is 0.102. The average molecular weight is 334 g/mol. The Kier molecular flexibility index (Phi) is 3.59. The van der Waals surface area contributed by atoms with Crippen molar-refractivity contribution in [2.24, 2.45) is 0 Å². The fourth-order valence-electron chi connectivity index (χ4n) is 2.58. The van der Waals surface area contributed by atoms with Gasteiger partial charge in [0.05, 0.1) is 28.0 Å². The van der Waals surface area contributed by atoms with Crippen LogP contribution < -0.4 is 5.32 Å². The summed E-state index contributed by atoms with van der Waals surface area (Å²) in [5, 5.41) is 13.8. The molecule has 118 valence electrons. The van der Waals surface area contributed by atoms with Gasteiger partial charge in [0.15, 0.2) is 0 Å². The molecule has 4 aromatic rings. The van der Waals surface area contributed by atoms with Crippen LogP contribution in [-0.4, -0.2) is 21.1 Å². The second-order valence-corrected chi connectivity index (χ2v) is 6.49. The first-order chi connectivity index (χ1) is 11.7. The summed E-state index contributed by atoms with van der Waals surface area (Å²) >= 11 is 1.62. The minimum Gasteiger partial charge on any atom is -0.322 e. The number of thiazole rings is 1. The van der Waals surface area contributed by atoms with Gasteiger partial charge in [0.2, 0.25) is 0 Å². The van der Waals surface area contributed by atoms with Crippen LogP contribution in [0.15, 0.2) is 54.0 Å². The zero-order chi connectivity index (χ0) is 16.5. The Bertz CT molecular complexity index is 1020. The molecule has 5 nitrogen and oxygen atoms in total. The lowest BCUT2D eigenvalue weighted by Crippen LogP contribution is -2.12. The summed E-state index contributed by atoms with van der Waals surface area (Å²) in [6.07, 6.45) is 1.71. The van der Waals surface area contributed by atoms with E-state index in [1.807, 2.05) is 48.7 Å². The van der Waals surface area contributed by atoms with Crippen LogP contribution in [0.25, 0.3) is 22.2 Å². The van der Waals surface area contributed by atoms with Crippen LogP contribution >= 0.6 is 11.3 Å². The van der Waals surface area contributed by atoms with Crippen LogP contribution in [0.1, 0.15) is 15.4 Å². The number of benzene rings is 2. The van der Waals surface area contributed by atoms with Crippen molar-refractivity contribution < 1.29 is 4.79 Å². The van der Waals surface area contributed by atoms with Gasteiger partial charge < -0.3 is 5.32 Å². The predicted molar refractivity (Wildman–Crippen MR) is 96.3 cm³/mol. The fourth-order valence-corrected chi connectivity index (χ4v) is 3.20. The first-order valence-corrected chi connectivity index (χ1v) is 8.35. The van der Waals surface area contributed by atoms with Gasteiger partial charge in [0.1, 0.15) is 0 Å². The number of hydrogen-bond acceptors (Lipinski definition) is 4. The van der Waals surface area contributed by atoms with Crippen LogP contribution in [0.3, 0.4) is 0 Å². The molecule has 24 heavy (non-hydrogen) atoms. The Labute approximate surface area is 142 Å². The van der Waals surface area contributed by atoms with E-state index in [0.717, 1.165) is 32.9 Å². The van der Waals surface area contributed by atoms with E-state index in [4.69, 9.17) is 0 Å². The third-order valence-electron chi connectivity index (χ3n) is 3.78. The molecule has 0 saturated heterocycles. The Morgan fingerprint density at radius 2 is 2.00 bits per heavy atom. The minimum absolute atomic E-state index is 0.165. The van der Waals surface area contributed by atoms with Crippen molar-refractivity contribution in [3.63, 3.8) is 0 Å². The van der Waals surface area contributed by atoms with Gasteiger partial charge in [-0.2, -0.15) is 5.10 Å². The van der Waals surface area contributed by atoms with E-state index in [2.05, 4.69) is 20.5 Å². The summed E-state index contributed by atoms with van der Waals surface area (Å²) in [4.78, 5) is 17.0. The number of H-pyrrole nitrogens is 1. The quantitative estimate of drug-likeness (QED) is 0.588. The maximum atomic E-state index is 12.5. The molecule has 0 saturated carbocycles. The zero-order valence-electron chi connectivity index (χ0n) is 12.9. The molecule has 2 aromatic carbocycles. The highest BCUT2D eigenvalue weighted by molar-refractivity contribution is 7.09. The molecule has 0 spiro atoms. The fraction of sp³-hybridized carbons (Fsp3) is 0.0556. The molecule has 0 fully saturated rings. The highest BCUT2D eigenvalue weighted by Gasteiger charge is 2.11. The highest BCUT2D eigenvalue weighted by atomic mass is 32.1. The number of nitrogens with zero attached hydrogens (tertiary/aromatic N) is 2. The van der Waals surface area contributed by atoms with E-state index >= 15 is 0 Å². The molecule has 0 aliphatic heterocycles. The summed E-state index contributed by atoms with van der Waals surface area (Å²) < 4.78 is 0. The molecule has 0 bridgehead atoms. The number of aryl methyl sites for hydroxylation is 1. The SMILES string of the molecule is Cc1nc(-c2ccc(NC(=O)c3cccc4cn[nH]c34)cc2)cs1. The van der Waals surface area contributed by atoms with Gasteiger partial charge in [-0.1, -0.05) is 24.3 Å². The second-order valence-electron chi connectivity index (χ2n) is 5.42. The van der Waals surface area contributed by atoms with Gasteiger partial charge in [-0.3, -0.25) is 9.89 Å². The number of rotatable bonds is 3. The molecule has 0 atom stereocenters. The van der Waals surface area contributed by atoms with Gasteiger partial charge in [0, 0.05) is 22.0 Å². The monoisotopic (exact) mass is 334 g/mol. The third-order valence-corrected chi connectivity index (χ3v) is 4.55. The molecule has 2 aromatic heterocycles. The smallest absolute Gasteiger partial charge is 0.257 e. The molecular formula is C18H14N4OS. The number of hydrogen-bond donors (Lipinski definition) is 2. The molecule has 2 heterocycles. The van der Waals surface area contributed by atoms with Crippen LogP contribution in [0.2, 0.25) is 0 Å². The van der Waals surface area contributed by atoms with Crippen LogP contribution in [0.5, 0.6) is 0 Å². The standard InChI is InChI=1S/C18H14N4OS/c1-11-20-16(10-24-11)12-5-7-14(8-6-12)21-18(23)15-4-2-3-13-9-19-22-17(13)15/h2-10H,1H3,(H,19,22)(H,21,23). The predicted octanol–water partition coefficient (Wildman–Crippen LogP) is 4.25. The Morgan fingerprint density at radius 1 is 1.17 bits per heavy atom. The number of aromatic amines is 1. The van der Waals surface area contributed by atoms with Gasteiger partial charge in [-0.15, -0.1) is 11.3 Å². The Morgan fingerprint density at radius 3 is 2.75 bits per heavy atom. The number of anilines is 1. The van der Waals surface area contributed by atoms with Crippen molar-refractivity contribution in [3.05, 3.63) is 64.6 Å². The van der Waals surface area contributed by atoms with Crippen molar-refractivity contribution in [3.8, 4) is 11.3 Å². The van der Waals surface area contributed by atoms with Crippen molar-refractivity contribution in [1.82, 2.24) is 15.2 Å². The van der Waals surface area contributed by atoms with E-state index in [0.29, 0.717) is 5.56 Å². The van der Waals surface area contributed by atoms with Crippen LogP contribution in [0, 0.1) is 6.92 Å². The Balaban J connectivity index is 1.57. The second kappa shape index (κ2) is 5.90. The van der Waals surface area contributed by atoms with E-state index in [9.17, 15) is 4.79 Å². The molecule has 0 radical (unpaired) electrons. The largest absolute Gasteiger partial charge is 0.322 e. The highest BCUT2D eigenvalue weighted by Crippen LogP contribution is 2.24. The first kappa shape index (κ1) is 14.6. The summed E-state index contributed by atoms with van der Waals surface area (Å²) in [6, 6.07) is 13.2. The zero-order valence-corrected chi connectivity index (χ0v) is 13.7. The molecule has 0 unspecified atom stereocenters.